The van der Waals surface area contributed by atoms with Gasteiger partial charge >= 0.3 is 0 Å². The zero-order chi connectivity index (χ0) is 20.4. The maximum atomic E-state index is 12.3. The summed E-state index contributed by atoms with van der Waals surface area (Å²) in [4.78, 5) is 12.3. The molecule has 2 atom stereocenters. The first kappa shape index (κ1) is 26.3. The van der Waals surface area contributed by atoms with Gasteiger partial charge in [0.05, 0.1) is 12.6 Å². The Morgan fingerprint density at radius 1 is 0.889 bits per heavy atom. The molecule has 0 heterocycles. The van der Waals surface area contributed by atoms with Crippen LogP contribution in [0.15, 0.2) is 12.2 Å². The van der Waals surface area contributed by atoms with Gasteiger partial charge in [0, 0.05) is 6.42 Å². The summed E-state index contributed by atoms with van der Waals surface area (Å²) in [5.74, 6) is -0.291. The highest BCUT2D eigenvalue weighted by atomic mass is 16.3. The second kappa shape index (κ2) is 17.4. The first-order valence-electron chi connectivity index (χ1n) is 11.3. The van der Waals surface area contributed by atoms with Crippen LogP contribution in [0.4, 0.5) is 0 Å². The van der Waals surface area contributed by atoms with Gasteiger partial charge in [-0.05, 0) is 25.3 Å². The predicted molar refractivity (Wildman–Crippen MR) is 115 cm³/mol. The standard InChI is InChI=1S/C23H45NO3/c1-3-5-7-8-9-10-11-12-13-14-15-16-17-19-23(27,21(24)20-25)22(26)18-6-4-2/h17,19,21,25,27H,3-16,18,20,24H2,1-2H3/b19-17+/t21-,23+/m0/s1. The lowest BCUT2D eigenvalue weighted by Crippen LogP contribution is -2.54. The number of unbranched alkanes of at least 4 members (excludes halogenated alkanes) is 12. The van der Waals surface area contributed by atoms with E-state index < -0.39 is 18.2 Å². The number of rotatable bonds is 19. The van der Waals surface area contributed by atoms with Gasteiger partial charge < -0.3 is 15.9 Å². The van der Waals surface area contributed by atoms with E-state index in [0.29, 0.717) is 6.42 Å². The summed E-state index contributed by atoms with van der Waals surface area (Å²) in [7, 11) is 0. The predicted octanol–water partition coefficient (Wildman–Crippen LogP) is 5.05. The van der Waals surface area contributed by atoms with Crippen molar-refractivity contribution in [3.63, 3.8) is 0 Å². The van der Waals surface area contributed by atoms with Crippen LogP contribution in [0.1, 0.15) is 110 Å². The molecular formula is C23H45NO3. The van der Waals surface area contributed by atoms with Crippen LogP contribution in [0.25, 0.3) is 0 Å². The number of aliphatic hydroxyl groups is 2. The van der Waals surface area contributed by atoms with Gasteiger partial charge in [0.2, 0.25) is 0 Å². The maximum Gasteiger partial charge on any atom is 0.169 e. The first-order chi connectivity index (χ1) is 13.0. The molecule has 4 nitrogen and oxygen atoms in total. The molecule has 0 unspecified atom stereocenters. The summed E-state index contributed by atoms with van der Waals surface area (Å²) in [6.45, 7) is 3.85. The van der Waals surface area contributed by atoms with Gasteiger partial charge in [-0.1, -0.05) is 90.6 Å². The van der Waals surface area contributed by atoms with Gasteiger partial charge in [-0.25, -0.2) is 0 Å². The average Bonchev–Trinajstić information content (AvgIpc) is 2.68. The Balaban J connectivity index is 3.94. The fourth-order valence-electron chi connectivity index (χ4n) is 3.29. The lowest BCUT2D eigenvalue weighted by molar-refractivity contribution is -0.135. The van der Waals surface area contributed by atoms with Crippen molar-refractivity contribution in [3.05, 3.63) is 12.2 Å². The molecule has 27 heavy (non-hydrogen) atoms. The van der Waals surface area contributed by atoms with Crippen molar-refractivity contribution in [3.8, 4) is 0 Å². The van der Waals surface area contributed by atoms with E-state index >= 15 is 0 Å². The molecule has 4 heteroatoms. The van der Waals surface area contributed by atoms with Gasteiger partial charge in [-0.2, -0.15) is 0 Å². The molecule has 0 saturated heterocycles. The van der Waals surface area contributed by atoms with E-state index in [0.717, 1.165) is 25.7 Å². The highest BCUT2D eigenvalue weighted by molar-refractivity contribution is 5.90. The molecule has 0 aliphatic carbocycles. The van der Waals surface area contributed by atoms with E-state index in [1.807, 2.05) is 13.0 Å². The number of carbonyl (C=O) groups is 1. The van der Waals surface area contributed by atoms with E-state index in [9.17, 15) is 15.0 Å². The zero-order valence-corrected chi connectivity index (χ0v) is 17.9. The van der Waals surface area contributed by atoms with Crippen LogP contribution in [0.5, 0.6) is 0 Å². The van der Waals surface area contributed by atoms with E-state index in [1.165, 1.54) is 70.3 Å². The van der Waals surface area contributed by atoms with Crippen molar-refractivity contribution in [1.82, 2.24) is 0 Å². The molecule has 0 aliphatic rings. The van der Waals surface area contributed by atoms with Crippen LogP contribution in [0, 0.1) is 0 Å². The number of allylic oxidation sites excluding steroid dienone is 1. The first-order valence-corrected chi connectivity index (χ1v) is 11.3. The third-order valence-electron chi connectivity index (χ3n) is 5.31. The molecule has 0 aliphatic heterocycles. The van der Waals surface area contributed by atoms with Crippen LogP contribution in [0.3, 0.4) is 0 Å². The van der Waals surface area contributed by atoms with Gasteiger partial charge in [0.1, 0.15) is 0 Å². The summed E-state index contributed by atoms with van der Waals surface area (Å²) in [5, 5.41) is 19.9. The summed E-state index contributed by atoms with van der Waals surface area (Å²) in [6, 6.07) is -0.963. The molecule has 0 saturated carbocycles. The molecule has 0 fully saturated rings. The molecule has 0 aromatic heterocycles. The van der Waals surface area contributed by atoms with E-state index in [2.05, 4.69) is 6.92 Å². The van der Waals surface area contributed by atoms with Crippen molar-refractivity contribution < 1.29 is 15.0 Å². The number of aliphatic hydroxyl groups excluding tert-OH is 1. The number of hydrogen-bond donors (Lipinski definition) is 3. The summed E-state index contributed by atoms with van der Waals surface area (Å²) >= 11 is 0. The number of Topliss-reactive ketones (excluding diaryl/α,β-unsaturated/α-hetero) is 1. The third-order valence-corrected chi connectivity index (χ3v) is 5.31. The third kappa shape index (κ3) is 12.4. The molecule has 4 N–H and O–H groups in total. The van der Waals surface area contributed by atoms with Crippen molar-refractivity contribution in [1.29, 1.82) is 0 Å². The SMILES string of the molecule is CCCCCCCCCCCCC/C=C/[C@](O)(C(=O)CCCC)[C@@H](N)CO. The van der Waals surface area contributed by atoms with Gasteiger partial charge in [-0.15, -0.1) is 0 Å². The Kier molecular flexibility index (Phi) is 16.9. The second-order valence-corrected chi connectivity index (χ2v) is 7.87. The molecule has 0 radical (unpaired) electrons. The van der Waals surface area contributed by atoms with Gasteiger partial charge in [-0.3, -0.25) is 4.79 Å². The molecule has 0 amide bonds. The fourth-order valence-corrected chi connectivity index (χ4v) is 3.29. The normalized spacial score (nSPS) is 15.1. The molecule has 0 bridgehead atoms. The number of hydrogen-bond acceptors (Lipinski definition) is 4. The quantitative estimate of drug-likeness (QED) is 0.215. The molecule has 0 aromatic rings. The smallest absolute Gasteiger partial charge is 0.169 e. The Hall–Kier alpha value is -0.710. The highest BCUT2D eigenvalue weighted by Crippen LogP contribution is 2.18. The van der Waals surface area contributed by atoms with Crippen LogP contribution in [-0.2, 0) is 4.79 Å². The van der Waals surface area contributed by atoms with Gasteiger partial charge in [0.15, 0.2) is 11.4 Å². The molecule has 0 aromatic carbocycles. The van der Waals surface area contributed by atoms with Crippen molar-refractivity contribution >= 4 is 5.78 Å². The molecular weight excluding hydrogens is 338 g/mol. The summed E-state index contributed by atoms with van der Waals surface area (Å²) in [5.41, 5.74) is 4.06. The highest BCUT2D eigenvalue weighted by Gasteiger charge is 2.38. The van der Waals surface area contributed by atoms with Crippen LogP contribution >= 0.6 is 0 Å². The lowest BCUT2D eigenvalue weighted by Gasteiger charge is -2.28. The fraction of sp³-hybridized carbons (Fsp3) is 0.870. The number of nitrogens with two attached hydrogens (primary N) is 1. The van der Waals surface area contributed by atoms with Crippen molar-refractivity contribution in [2.45, 2.75) is 122 Å². The topological polar surface area (TPSA) is 83.5 Å². The maximum absolute atomic E-state index is 12.3. The van der Waals surface area contributed by atoms with E-state index in [1.54, 1.807) is 0 Å². The average molecular weight is 384 g/mol. The minimum absolute atomic E-state index is 0.291. The summed E-state index contributed by atoms with van der Waals surface area (Å²) < 4.78 is 0. The van der Waals surface area contributed by atoms with Crippen molar-refractivity contribution in [2.24, 2.45) is 5.73 Å². The largest absolute Gasteiger partial charge is 0.395 e. The molecule has 0 rings (SSSR count). The number of carbonyl (C=O) groups excluding carboxylic acids is 1. The van der Waals surface area contributed by atoms with Gasteiger partial charge in [0.25, 0.3) is 0 Å². The van der Waals surface area contributed by atoms with Crippen LogP contribution < -0.4 is 5.73 Å². The zero-order valence-electron chi connectivity index (χ0n) is 17.9. The van der Waals surface area contributed by atoms with E-state index in [-0.39, 0.29) is 5.78 Å². The summed E-state index contributed by atoms with van der Waals surface area (Å²) in [6.07, 6.45) is 20.4. The monoisotopic (exact) mass is 383 g/mol. The van der Waals surface area contributed by atoms with E-state index in [4.69, 9.17) is 5.73 Å². The lowest BCUT2D eigenvalue weighted by atomic mass is 9.87. The second-order valence-electron chi connectivity index (χ2n) is 7.87. The minimum atomic E-state index is -1.73. The Morgan fingerprint density at radius 2 is 1.37 bits per heavy atom. The van der Waals surface area contributed by atoms with Crippen molar-refractivity contribution in [2.75, 3.05) is 6.61 Å². The Labute approximate surface area is 167 Å². The van der Waals surface area contributed by atoms with Crippen LogP contribution in [0.2, 0.25) is 0 Å². The molecule has 160 valence electrons. The number of ketones is 1. The Morgan fingerprint density at radius 3 is 1.85 bits per heavy atom. The van der Waals surface area contributed by atoms with Crippen LogP contribution in [-0.4, -0.2) is 34.2 Å². The minimum Gasteiger partial charge on any atom is -0.395 e. The molecule has 0 spiro atoms. The Bertz CT molecular complexity index is 384.